The van der Waals surface area contributed by atoms with Crippen LogP contribution in [0, 0.1) is 5.82 Å². The first kappa shape index (κ1) is 12.9. The first-order valence-electron chi connectivity index (χ1n) is 4.94. The van der Waals surface area contributed by atoms with Crippen LogP contribution in [0.1, 0.15) is 5.56 Å². The molecule has 0 saturated carbocycles. The van der Waals surface area contributed by atoms with Crippen molar-refractivity contribution in [3.05, 3.63) is 52.5 Å². The lowest BCUT2D eigenvalue weighted by Gasteiger charge is -2.09. The Labute approximate surface area is 117 Å². The molecule has 0 spiro atoms. The lowest BCUT2D eigenvalue weighted by Crippen LogP contribution is -2.10. The topological polar surface area (TPSA) is 48.1 Å². The standard InChI is InChI=1S/C12H8BrFN2OS/c13-9-5-7(1-2-10(9)14)17-11-6-16-4-3-8(11)12(15)18/h1-6H,(H2,15,18). The van der Waals surface area contributed by atoms with E-state index in [0.29, 0.717) is 21.5 Å². The van der Waals surface area contributed by atoms with Crippen LogP contribution in [0.25, 0.3) is 0 Å². The van der Waals surface area contributed by atoms with Crippen LogP contribution in [0.15, 0.2) is 41.1 Å². The van der Waals surface area contributed by atoms with Crippen LogP contribution >= 0.6 is 28.1 Å². The molecule has 0 aliphatic carbocycles. The van der Waals surface area contributed by atoms with Gasteiger partial charge in [-0.2, -0.15) is 0 Å². The molecular weight excluding hydrogens is 319 g/mol. The Morgan fingerprint density at radius 3 is 2.83 bits per heavy atom. The van der Waals surface area contributed by atoms with Gasteiger partial charge in [0.2, 0.25) is 0 Å². The number of rotatable bonds is 3. The molecule has 0 aliphatic rings. The van der Waals surface area contributed by atoms with Gasteiger partial charge in [-0.15, -0.1) is 0 Å². The minimum Gasteiger partial charge on any atom is -0.455 e. The molecule has 0 atom stereocenters. The molecule has 0 radical (unpaired) electrons. The lowest BCUT2D eigenvalue weighted by atomic mass is 10.2. The molecule has 2 aromatic rings. The zero-order valence-corrected chi connectivity index (χ0v) is 11.5. The van der Waals surface area contributed by atoms with Crippen LogP contribution in [-0.4, -0.2) is 9.97 Å². The molecule has 0 amide bonds. The summed E-state index contributed by atoms with van der Waals surface area (Å²) in [5.74, 6) is 0.542. The minimum absolute atomic E-state index is 0.216. The van der Waals surface area contributed by atoms with Gasteiger partial charge in [0.15, 0.2) is 5.75 Å². The van der Waals surface area contributed by atoms with Crippen LogP contribution in [0.3, 0.4) is 0 Å². The summed E-state index contributed by atoms with van der Waals surface area (Å²) in [4.78, 5) is 4.15. The van der Waals surface area contributed by atoms with Crippen LogP contribution in [0.2, 0.25) is 0 Å². The van der Waals surface area contributed by atoms with Crippen molar-refractivity contribution in [2.75, 3.05) is 0 Å². The Balaban J connectivity index is 2.34. The van der Waals surface area contributed by atoms with Gasteiger partial charge < -0.3 is 10.5 Å². The van der Waals surface area contributed by atoms with E-state index in [4.69, 9.17) is 22.7 Å². The fourth-order valence-electron chi connectivity index (χ4n) is 1.33. The summed E-state index contributed by atoms with van der Waals surface area (Å²) >= 11 is 8.00. The SMILES string of the molecule is NC(=S)c1ccncc1Oc1ccc(F)c(Br)c1. The van der Waals surface area contributed by atoms with Crippen LogP contribution in [0.5, 0.6) is 11.5 Å². The largest absolute Gasteiger partial charge is 0.455 e. The molecule has 92 valence electrons. The molecule has 2 rings (SSSR count). The van der Waals surface area contributed by atoms with Crippen molar-refractivity contribution >= 4 is 33.1 Å². The number of hydrogen-bond acceptors (Lipinski definition) is 3. The quantitative estimate of drug-likeness (QED) is 0.878. The monoisotopic (exact) mass is 326 g/mol. The highest BCUT2D eigenvalue weighted by Crippen LogP contribution is 2.27. The highest BCUT2D eigenvalue weighted by Gasteiger charge is 2.08. The van der Waals surface area contributed by atoms with Crippen molar-refractivity contribution in [2.45, 2.75) is 0 Å². The number of halogens is 2. The second-order valence-electron chi connectivity index (χ2n) is 3.41. The molecule has 0 bridgehead atoms. The van der Waals surface area contributed by atoms with E-state index in [1.807, 2.05) is 0 Å². The average molecular weight is 327 g/mol. The number of aromatic nitrogens is 1. The highest BCUT2D eigenvalue weighted by atomic mass is 79.9. The van der Waals surface area contributed by atoms with E-state index in [0.717, 1.165) is 0 Å². The van der Waals surface area contributed by atoms with Gasteiger partial charge in [-0.05, 0) is 40.2 Å². The first-order valence-corrected chi connectivity index (χ1v) is 6.15. The summed E-state index contributed by atoms with van der Waals surface area (Å²) in [5.41, 5.74) is 6.16. The number of thiocarbonyl (C=S) groups is 1. The van der Waals surface area contributed by atoms with E-state index in [-0.39, 0.29) is 10.8 Å². The molecule has 1 aromatic carbocycles. The molecule has 6 heteroatoms. The third-order valence-electron chi connectivity index (χ3n) is 2.17. The molecule has 2 N–H and O–H groups in total. The predicted octanol–water partition coefficient (Wildman–Crippen LogP) is 3.41. The van der Waals surface area contributed by atoms with Gasteiger partial charge in [-0.25, -0.2) is 4.39 Å². The van der Waals surface area contributed by atoms with E-state index in [1.54, 1.807) is 12.3 Å². The fourth-order valence-corrected chi connectivity index (χ4v) is 1.86. The van der Waals surface area contributed by atoms with Crippen molar-refractivity contribution in [2.24, 2.45) is 5.73 Å². The van der Waals surface area contributed by atoms with E-state index >= 15 is 0 Å². The number of nitrogens with zero attached hydrogens (tertiary/aromatic N) is 1. The number of ether oxygens (including phenoxy) is 1. The van der Waals surface area contributed by atoms with Gasteiger partial charge in [-0.3, -0.25) is 4.98 Å². The van der Waals surface area contributed by atoms with E-state index < -0.39 is 0 Å². The number of benzene rings is 1. The zero-order valence-electron chi connectivity index (χ0n) is 9.06. The summed E-state index contributed by atoms with van der Waals surface area (Å²) in [5, 5.41) is 0. The summed E-state index contributed by atoms with van der Waals surface area (Å²) in [6, 6.07) is 5.99. The van der Waals surface area contributed by atoms with Crippen molar-refractivity contribution < 1.29 is 9.13 Å². The number of nitrogens with two attached hydrogens (primary N) is 1. The van der Waals surface area contributed by atoms with Crippen LogP contribution < -0.4 is 10.5 Å². The van der Waals surface area contributed by atoms with Crippen molar-refractivity contribution in [1.29, 1.82) is 0 Å². The molecule has 0 saturated heterocycles. The van der Waals surface area contributed by atoms with Gasteiger partial charge in [-0.1, -0.05) is 12.2 Å². The van der Waals surface area contributed by atoms with Gasteiger partial charge in [0.1, 0.15) is 16.6 Å². The second-order valence-corrected chi connectivity index (χ2v) is 4.71. The summed E-state index contributed by atoms with van der Waals surface area (Å²) in [6.07, 6.45) is 3.08. The van der Waals surface area contributed by atoms with Crippen LogP contribution in [0.4, 0.5) is 4.39 Å². The Morgan fingerprint density at radius 1 is 1.39 bits per heavy atom. The Hall–Kier alpha value is -1.53. The summed E-state index contributed by atoms with van der Waals surface area (Å²) in [6.45, 7) is 0. The van der Waals surface area contributed by atoms with Crippen molar-refractivity contribution in [1.82, 2.24) is 4.98 Å². The molecular formula is C12H8BrFN2OS. The Morgan fingerprint density at radius 2 is 2.17 bits per heavy atom. The smallest absolute Gasteiger partial charge is 0.155 e. The normalized spacial score (nSPS) is 10.1. The molecule has 0 fully saturated rings. The minimum atomic E-state index is -0.358. The predicted molar refractivity (Wildman–Crippen MR) is 74.3 cm³/mol. The molecule has 1 aromatic heterocycles. The van der Waals surface area contributed by atoms with Crippen molar-refractivity contribution in [3.63, 3.8) is 0 Å². The molecule has 1 heterocycles. The molecule has 0 unspecified atom stereocenters. The van der Waals surface area contributed by atoms with Gasteiger partial charge in [0, 0.05) is 6.20 Å². The average Bonchev–Trinajstić information content (AvgIpc) is 2.34. The highest BCUT2D eigenvalue weighted by molar-refractivity contribution is 9.10. The van der Waals surface area contributed by atoms with Gasteiger partial charge in [0.25, 0.3) is 0 Å². The number of pyridine rings is 1. The summed E-state index contributed by atoms with van der Waals surface area (Å²) in [7, 11) is 0. The summed E-state index contributed by atoms with van der Waals surface area (Å²) < 4.78 is 19.0. The van der Waals surface area contributed by atoms with Crippen LogP contribution in [-0.2, 0) is 0 Å². The maximum absolute atomic E-state index is 13.1. The molecule has 18 heavy (non-hydrogen) atoms. The van der Waals surface area contributed by atoms with Gasteiger partial charge in [0.05, 0.1) is 16.2 Å². The third kappa shape index (κ3) is 2.83. The van der Waals surface area contributed by atoms with Crippen molar-refractivity contribution in [3.8, 4) is 11.5 Å². The van der Waals surface area contributed by atoms with Gasteiger partial charge >= 0.3 is 0 Å². The Bertz CT molecular complexity index is 606. The zero-order chi connectivity index (χ0) is 13.1. The number of hydrogen-bond donors (Lipinski definition) is 1. The Kier molecular flexibility index (Phi) is 3.88. The maximum Gasteiger partial charge on any atom is 0.155 e. The lowest BCUT2D eigenvalue weighted by molar-refractivity contribution is 0.476. The molecule has 0 aliphatic heterocycles. The second kappa shape index (κ2) is 5.41. The third-order valence-corrected chi connectivity index (χ3v) is 3.00. The van der Waals surface area contributed by atoms with E-state index in [9.17, 15) is 4.39 Å². The fraction of sp³-hybridized carbons (Fsp3) is 0. The first-order chi connectivity index (χ1) is 8.58. The van der Waals surface area contributed by atoms with E-state index in [2.05, 4.69) is 20.9 Å². The maximum atomic E-state index is 13.1. The van der Waals surface area contributed by atoms with E-state index in [1.165, 1.54) is 24.4 Å². The molecule has 3 nitrogen and oxygen atoms in total.